The molecule has 4 unspecified atom stereocenters. The van der Waals surface area contributed by atoms with Crippen molar-refractivity contribution >= 4 is 11.3 Å². The molecule has 3 rings (SSSR count). The fourth-order valence-electron chi connectivity index (χ4n) is 4.08. The first kappa shape index (κ1) is 14.6. The molecule has 3 heteroatoms. The molecule has 20 heavy (non-hydrogen) atoms. The molecule has 1 saturated heterocycles. The number of hydrogen-bond acceptors (Lipinski definition) is 3. The van der Waals surface area contributed by atoms with Gasteiger partial charge in [0.05, 0.1) is 0 Å². The van der Waals surface area contributed by atoms with Crippen molar-refractivity contribution in [3.8, 4) is 0 Å². The van der Waals surface area contributed by atoms with Gasteiger partial charge in [-0.15, -0.1) is 11.3 Å². The van der Waals surface area contributed by atoms with E-state index < -0.39 is 0 Å². The van der Waals surface area contributed by atoms with Crippen LogP contribution in [0, 0.1) is 5.92 Å². The topological polar surface area (TPSA) is 24.1 Å². The van der Waals surface area contributed by atoms with Crippen LogP contribution in [0.4, 0.5) is 0 Å². The summed E-state index contributed by atoms with van der Waals surface area (Å²) in [6.07, 6.45) is 9.56. The first-order valence-corrected chi connectivity index (χ1v) is 9.22. The van der Waals surface area contributed by atoms with Crippen molar-refractivity contribution in [2.45, 2.75) is 70.0 Å². The molecule has 1 aromatic rings. The summed E-state index contributed by atoms with van der Waals surface area (Å²) in [7, 11) is 0. The summed E-state index contributed by atoms with van der Waals surface area (Å²) in [5, 5.41) is 9.89. The maximum atomic E-state index is 3.93. The van der Waals surface area contributed by atoms with Gasteiger partial charge in [0.25, 0.3) is 0 Å². The summed E-state index contributed by atoms with van der Waals surface area (Å²) in [5.74, 6) is 0.862. The lowest BCUT2D eigenvalue weighted by molar-refractivity contribution is 0.248. The van der Waals surface area contributed by atoms with Crippen molar-refractivity contribution in [2.75, 3.05) is 6.54 Å². The van der Waals surface area contributed by atoms with Crippen molar-refractivity contribution < 1.29 is 0 Å². The normalized spacial score (nSPS) is 32.4. The Morgan fingerprint density at radius 3 is 3.00 bits per heavy atom. The van der Waals surface area contributed by atoms with E-state index in [1.807, 2.05) is 11.3 Å². The molecule has 2 nitrogen and oxygen atoms in total. The zero-order valence-corrected chi connectivity index (χ0v) is 13.4. The molecule has 0 bridgehead atoms. The average molecular weight is 292 g/mol. The molecule has 2 heterocycles. The summed E-state index contributed by atoms with van der Waals surface area (Å²) in [6, 6.07) is 6.54. The number of thiophene rings is 1. The summed E-state index contributed by atoms with van der Waals surface area (Å²) < 4.78 is 0. The number of nitrogens with one attached hydrogen (secondary N) is 2. The molecule has 1 saturated carbocycles. The van der Waals surface area contributed by atoms with Gasteiger partial charge in [-0.05, 0) is 62.9 Å². The predicted molar refractivity (Wildman–Crippen MR) is 87.4 cm³/mol. The van der Waals surface area contributed by atoms with Crippen LogP contribution in [0.1, 0.15) is 50.3 Å². The fraction of sp³-hybridized carbons (Fsp3) is 0.765. The van der Waals surface area contributed by atoms with Crippen LogP contribution in [-0.2, 0) is 6.42 Å². The van der Waals surface area contributed by atoms with Crippen LogP contribution in [0.5, 0.6) is 0 Å². The molecule has 112 valence electrons. The van der Waals surface area contributed by atoms with Gasteiger partial charge in [-0.3, -0.25) is 0 Å². The lowest BCUT2D eigenvalue weighted by Gasteiger charge is -2.34. The Morgan fingerprint density at radius 2 is 2.25 bits per heavy atom. The Morgan fingerprint density at radius 1 is 1.30 bits per heavy atom. The maximum absolute atomic E-state index is 3.93. The predicted octanol–water partition coefficient (Wildman–Crippen LogP) is 3.58. The van der Waals surface area contributed by atoms with Crippen LogP contribution in [0.3, 0.4) is 0 Å². The van der Waals surface area contributed by atoms with Gasteiger partial charge in [-0.2, -0.15) is 0 Å². The third-order valence-corrected chi connectivity index (χ3v) is 5.92. The second-order valence-electron chi connectivity index (χ2n) is 6.61. The molecule has 0 aromatic carbocycles. The molecular weight excluding hydrogens is 264 g/mol. The quantitative estimate of drug-likeness (QED) is 0.867. The van der Waals surface area contributed by atoms with Gasteiger partial charge < -0.3 is 10.6 Å². The maximum Gasteiger partial charge on any atom is 0.0113 e. The molecule has 1 aliphatic carbocycles. The molecule has 4 atom stereocenters. The average Bonchev–Trinajstić information content (AvgIpc) is 3.11. The van der Waals surface area contributed by atoms with Crippen molar-refractivity contribution in [2.24, 2.45) is 5.92 Å². The van der Waals surface area contributed by atoms with E-state index in [0.29, 0.717) is 6.04 Å². The smallest absolute Gasteiger partial charge is 0.0113 e. The van der Waals surface area contributed by atoms with Crippen LogP contribution in [0.2, 0.25) is 0 Å². The molecular formula is C17H28N2S. The molecule has 0 radical (unpaired) electrons. The summed E-state index contributed by atoms with van der Waals surface area (Å²) in [5.41, 5.74) is 0. The second-order valence-corrected chi connectivity index (χ2v) is 7.64. The SMILES string of the molecule is CC(Cc1cccs1)NC1CCCC1C1CCCCN1. The van der Waals surface area contributed by atoms with Gasteiger partial charge >= 0.3 is 0 Å². The van der Waals surface area contributed by atoms with Crippen molar-refractivity contribution in [1.82, 2.24) is 10.6 Å². The molecule has 2 fully saturated rings. The summed E-state index contributed by atoms with van der Waals surface area (Å²) in [4.78, 5) is 1.51. The Balaban J connectivity index is 1.52. The molecule has 2 aliphatic rings. The standard InChI is InChI=1S/C17H28N2S/c1-13(12-14-6-5-11-20-14)19-17-9-4-7-15(17)16-8-2-3-10-18-16/h5-6,11,13,15-19H,2-4,7-10,12H2,1H3. The van der Waals surface area contributed by atoms with Gasteiger partial charge in [0.1, 0.15) is 0 Å². The Labute approximate surface area is 127 Å². The van der Waals surface area contributed by atoms with E-state index in [1.165, 1.54) is 56.4 Å². The zero-order chi connectivity index (χ0) is 13.8. The van der Waals surface area contributed by atoms with Gasteiger partial charge in [-0.1, -0.05) is 18.9 Å². The van der Waals surface area contributed by atoms with Gasteiger partial charge in [0, 0.05) is 23.0 Å². The monoisotopic (exact) mass is 292 g/mol. The van der Waals surface area contributed by atoms with Crippen molar-refractivity contribution in [1.29, 1.82) is 0 Å². The molecule has 0 spiro atoms. The molecule has 1 aromatic heterocycles. The van der Waals surface area contributed by atoms with Crippen LogP contribution >= 0.6 is 11.3 Å². The first-order chi connectivity index (χ1) is 9.83. The van der Waals surface area contributed by atoms with E-state index in [1.54, 1.807) is 0 Å². The van der Waals surface area contributed by atoms with Crippen LogP contribution in [0.15, 0.2) is 17.5 Å². The minimum atomic E-state index is 0.600. The fourth-order valence-corrected chi connectivity index (χ4v) is 4.91. The third kappa shape index (κ3) is 3.63. The highest BCUT2D eigenvalue weighted by Crippen LogP contribution is 2.32. The van der Waals surface area contributed by atoms with E-state index >= 15 is 0 Å². The number of rotatable bonds is 5. The van der Waals surface area contributed by atoms with Gasteiger partial charge in [-0.25, -0.2) is 0 Å². The number of piperidine rings is 1. The van der Waals surface area contributed by atoms with Crippen LogP contribution in [0.25, 0.3) is 0 Å². The van der Waals surface area contributed by atoms with Crippen LogP contribution < -0.4 is 10.6 Å². The molecule has 1 aliphatic heterocycles. The van der Waals surface area contributed by atoms with E-state index in [-0.39, 0.29) is 0 Å². The van der Waals surface area contributed by atoms with E-state index in [0.717, 1.165) is 18.0 Å². The minimum absolute atomic E-state index is 0.600. The highest BCUT2D eigenvalue weighted by Gasteiger charge is 2.34. The molecule has 2 N–H and O–H groups in total. The second kappa shape index (κ2) is 7.06. The molecule has 0 amide bonds. The summed E-state index contributed by atoms with van der Waals surface area (Å²) >= 11 is 1.89. The van der Waals surface area contributed by atoms with E-state index in [4.69, 9.17) is 0 Å². The Hall–Kier alpha value is -0.380. The first-order valence-electron chi connectivity index (χ1n) is 8.35. The largest absolute Gasteiger partial charge is 0.314 e. The zero-order valence-electron chi connectivity index (χ0n) is 12.6. The summed E-state index contributed by atoms with van der Waals surface area (Å²) in [6.45, 7) is 3.59. The Bertz CT molecular complexity index is 384. The van der Waals surface area contributed by atoms with Gasteiger partial charge in [0.2, 0.25) is 0 Å². The minimum Gasteiger partial charge on any atom is -0.314 e. The van der Waals surface area contributed by atoms with Crippen molar-refractivity contribution in [3.05, 3.63) is 22.4 Å². The Kier molecular flexibility index (Phi) is 5.14. The third-order valence-electron chi connectivity index (χ3n) is 5.02. The lowest BCUT2D eigenvalue weighted by Crippen LogP contribution is -2.49. The van der Waals surface area contributed by atoms with Gasteiger partial charge in [0.15, 0.2) is 0 Å². The highest BCUT2D eigenvalue weighted by molar-refractivity contribution is 7.09. The van der Waals surface area contributed by atoms with E-state index in [9.17, 15) is 0 Å². The highest BCUT2D eigenvalue weighted by atomic mass is 32.1. The number of hydrogen-bond donors (Lipinski definition) is 2. The lowest BCUT2D eigenvalue weighted by atomic mass is 9.88. The van der Waals surface area contributed by atoms with Crippen molar-refractivity contribution in [3.63, 3.8) is 0 Å². The van der Waals surface area contributed by atoms with Crippen LogP contribution in [-0.4, -0.2) is 24.7 Å². The van der Waals surface area contributed by atoms with E-state index in [2.05, 4.69) is 35.1 Å².